The molecule has 154 valence electrons. The third kappa shape index (κ3) is 2.86. The number of aromatic amines is 1. The monoisotopic (exact) mass is 406 g/mol. The largest absolute Gasteiger partial charge is 0.371 e. The van der Waals surface area contributed by atoms with E-state index < -0.39 is 11.6 Å². The van der Waals surface area contributed by atoms with Crippen molar-refractivity contribution < 1.29 is 8.78 Å². The highest BCUT2D eigenvalue weighted by Crippen LogP contribution is 2.51. The van der Waals surface area contributed by atoms with Crippen molar-refractivity contribution >= 4 is 11.3 Å². The topological polar surface area (TPSA) is 57.9 Å². The number of anilines is 1. The molecule has 2 aliphatic rings. The van der Waals surface area contributed by atoms with Gasteiger partial charge in [0.1, 0.15) is 0 Å². The highest BCUT2D eigenvalue weighted by Gasteiger charge is 2.46. The van der Waals surface area contributed by atoms with Crippen molar-refractivity contribution in [2.75, 3.05) is 18.0 Å². The van der Waals surface area contributed by atoms with Gasteiger partial charge in [-0.25, -0.2) is 8.78 Å². The average molecular weight is 406 g/mol. The molecule has 3 N–H and O–H groups in total. The minimum Gasteiger partial charge on any atom is -0.371 e. The van der Waals surface area contributed by atoms with Crippen LogP contribution in [0, 0.1) is 17.0 Å². The number of nitrogens with one attached hydrogen (secondary N) is 1. The van der Waals surface area contributed by atoms with Crippen LogP contribution in [0.3, 0.4) is 0 Å². The molecule has 3 aromatic rings. The third-order valence-corrected chi connectivity index (χ3v) is 6.88. The molecule has 30 heavy (non-hydrogen) atoms. The number of nitrogens with two attached hydrogens (primary N) is 1. The SMILES string of the molecule is C=C(c1cc[nH]n1)c1c(N2CCC3(CC2)Cc2ccccc2[C@H]3N)ccc(F)c1F. The Morgan fingerprint density at radius 1 is 1.13 bits per heavy atom. The average Bonchev–Trinajstić information content (AvgIpc) is 3.38. The smallest absolute Gasteiger partial charge is 0.168 e. The van der Waals surface area contributed by atoms with Crippen LogP contribution in [0.5, 0.6) is 0 Å². The second-order valence-electron chi connectivity index (χ2n) is 8.40. The molecule has 0 radical (unpaired) electrons. The molecule has 2 aromatic carbocycles. The maximum Gasteiger partial charge on any atom is 0.168 e. The molecule has 0 amide bonds. The number of piperidine rings is 1. The summed E-state index contributed by atoms with van der Waals surface area (Å²) in [4.78, 5) is 2.12. The second kappa shape index (κ2) is 7.06. The van der Waals surface area contributed by atoms with Crippen molar-refractivity contribution in [3.63, 3.8) is 0 Å². The van der Waals surface area contributed by atoms with Gasteiger partial charge >= 0.3 is 0 Å². The molecule has 1 aromatic heterocycles. The van der Waals surface area contributed by atoms with E-state index in [1.807, 2.05) is 6.07 Å². The molecule has 0 saturated carbocycles. The molecule has 5 rings (SSSR count). The first kappa shape index (κ1) is 19.0. The Hall–Kier alpha value is -2.99. The van der Waals surface area contributed by atoms with E-state index in [1.165, 1.54) is 17.2 Å². The van der Waals surface area contributed by atoms with Crippen LogP contribution >= 0.6 is 0 Å². The zero-order chi connectivity index (χ0) is 20.9. The molecule has 1 saturated heterocycles. The van der Waals surface area contributed by atoms with E-state index in [9.17, 15) is 8.78 Å². The number of nitrogens with zero attached hydrogens (tertiary/aromatic N) is 2. The zero-order valence-corrected chi connectivity index (χ0v) is 16.7. The molecule has 4 nitrogen and oxygen atoms in total. The lowest BCUT2D eigenvalue weighted by Gasteiger charge is -2.43. The van der Waals surface area contributed by atoms with Crippen molar-refractivity contribution in [1.29, 1.82) is 0 Å². The van der Waals surface area contributed by atoms with Crippen molar-refractivity contribution in [3.05, 3.63) is 89.3 Å². The summed E-state index contributed by atoms with van der Waals surface area (Å²) >= 11 is 0. The lowest BCUT2D eigenvalue weighted by Crippen LogP contribution is -2.44. The van der Waals surface area contributed by atoms with Gasteiger partial charge in [0, 0.05) is 42.2 Å². The minimum atomic E-state index is -0.884. The number of aromatic nitrogens is 2. The molecule has 1 fully saturated rings. The lowest BCUT2D eigenvalue weighted by atomic mass is 9.73. The number of H-pyrrole nitrogens is 1. The van der Waals surface area contributed by atoms with E-state index in [0.29, 0.717) is 17.0 Å². The Morgan fingerprint density at radius 3 is 2.60 bits per heavy atom. The lowest BCUT2D eigenvalue weighted by molar-refractivity contribution is 0.187. The fourth-order valence-electron chi connectivity index (χ4n) is 5.15. The predicted octanol–water partition coefficient (Wildman–Crippen LogP) is 4.59. The van der Waals surface area contributed by atoms with Gasteiger partial charge in [0.05, 0.1) is 5.69 Å². The summed E-state index contributed by atoms with van der Waals surface area (Å²) < 4.78 is 29.0. The second-order valence-corrected chi connectivity index (χ2v) is 8.40. The van der Waals surface area contributed by atoms with E-state index >= 15 is 0 Å². The summed E-state index contributed by atoms with van der Waals surface area (Å²) in [6.45, 7) is 5.46. The Labute approximate surface area is 174 Å². The van der Waals surface area contributed by atoms with Gasteiger partial charge in [-0.15, -0.1) is 0 Å². The fourth-order valence-corrected chi connectivity index (χ4v) is 5.15. The molecule has 0 unspecified atom stereocenters. The minimum absolute atomic E-state index is 0.0132. The summed E-state index contributed by atoms with van der Waals surface area (Å²) in [6.07, 6.45) is 4.41. The summed E-state index contributed by atoms with van der Waals surface area (Å²) in [6, 6.07) is 12.9. The van der Waals surface area contributed by atoms with Gasteiger partial charge < -0.3 is 10.6 Å². The van der Waals surface area contributed by atoms with Gasteiger partial charge in [0.25, 0.3) is 0 Å². The van der Waals surface area contributed by atoms with Crippen LogP contribution < -0.4 is 10.6 Å². The van der Waals surface area contributed by atoms with E-state index in [-0.39, 0.29) is 17.0 Å². The molecule has 2 heterocycles. The molecule has 1 aliphatic carbocycles. The Kier molecular flexibility index (Phi) is 4.47. The molecular formula is C24H24F2N4. The highest BCUT2D eigenvalue weighted by atomic mass is 19.2. The number of halogens is 2. The van der Waals surface area contributed by atoms with E-state index in [1.54, 1.807) is 18.3 Å². The number of benzene rings is 2. The van der Waals surface area contributed by atoms with Gasteiger partial charge in [-0.3, -0.25) is 5.10 Å². The van der Waals surface area contributed by atoms with Gasteiger partial charge in [0.15, 0.2) is 11.6 Å². The van der Waals surface area contributed by atoms with Gasteiger partial charge in [-0.1, -0.05) is 30.8 Å². The quantitative estimate of drug-likeness (QED) is 0.669. The van der Waals surface area contributed by atoms with Crippen LogP contribution in [-0.2, 0) is 6.42 Å². The summed E-state index contributed by atoms with van der Waals surface area (Å²) in [7, 11) is 0. The maximum atomic E-state index is 14.9. The number of fused-ring (bicyclic) bond motifs is 1. The Morgan fingerprint density at radius 2 is 1.90 bits per heavy atom. The van der Waals surface area contributed by atoms with Crippen molar-refractivity contribution in [1.82, 2.24) is 10.2 Å². The van der Waals surface area contributed by atoms with Crippen LogP contribution in [0.2, 0.25) is 0 Å². The van der Waals surface area contributed by atoms with Gasteiger partial charge in [-0.05, 0) is 54.0 Å². The molecule has 0 bridgehead atoms. The zero-order valence-electron chi connectivity index (χ0n) is 16.7. The third-order valence-electron chi connectivity index (χ3n) is 6.88. The molecule has 1 aliphatic heterocycles. The highest BCUT2D eigenvalue weighted by molar-refractivity contribution is 5.84. The predicted molar refractivity (Wildman–Crippen MR) is 114 cm³/mol. The summed E-state index contributed by atoms with van der Waals surface area (Å²) in [5.41, 5.74) is 11.0. The molecule has 1 atom stereocenters. The van der Waals surface area contributed by atoms with Gasteiger partial charge in [0.2, 0.25) is 0 Å². The standard InChI is InChI=1S/C24H24F2N4/c1-15(19-8-11-28-29-19)21-20(7-6-18(25)22(21)26)30-12-9-24(10-13-30)14-16-4-2-3-5-17(16)23(24)27/h2-8,11,23H,1,9-10,12-14,27H2,(H,28,29)/t23-/m1/s1. The first-order valence-electron chi connectivity index (χ1n) is 10.3. The van der Waals surface area contributed by atoms with Crippen LogP contribution in [0.25, 0.3) is 5.57 Å². The van der Waals surface area contributed by atoms with Crippen LogP contribution in [0.1, 0.15) is 41.3 Å². The molecule has 6 heteroatoms. The fraction of sp³-hybridized carbons (Fsp3) is 0.292. The molecule has 1 spiro atoms. The van der Waals surface area contributed by atoms with Crippen molar-refractivity contribution in [2.45, 2.75) is 25.3 Å². The first-order valence-corrected chi connectivity index (χ1v) is 10.3. The van der Waals surface area contributed by atoms with Crippen molar-refractivity contribution in [3.8, 4) is 0 Å². The van der Waals surface area contributed by atoms with E-state index in [0.717, 1.165) is 32.4 Å². The van der Waals surface area contributed by atoms with E-state index in [4.69, 9.17) is 5.73 Å². The summed E-state index contributed by atoms with van der Waals surface area (Å²) in [5.74, 6) is -1.77. The van der Waals surface area contributed by atoms with E-state index in [2.05, 4.69) is 39.9 Å². The Balaban J connectivity index is 1.44. The van der Waals surface area contributed by atoms with Crippen molar-refractivity contribution in [2.24, 2.45) is 11.1 Å². The number of hydrogen-bond donors (Lipinski definition) is 2. The van der Waals surface area contributed by atoms with Crippen LogP contribution in [0.4, 0.5) is 14.5 Å². The normalized spacial score (nSPS) is 19.8. The Bertz CT molecular complexity index is 1100. The first-order chi connectivity index (χ1) is 14.5. The summed E-state index contributed by atoms with van der Waals surface area (Å²) in [5, 5.41) is 6.80. The number of hydrogen-bond acceptors (Lipinski definition) is 3. The van der Waals surface area contributed by atoms with Crippen LogP contribution in [-0.4, -0.2) is 23.3 Å². The van der Waals surface area contributed by atoms with Gasteiger partial charge in [-0.2, -0.15) is 5.10 Å². The number of rotatable bonds is 3. The van der Waals surface area contributed by atoms with Crippen LogP contribution in [0.15, 0.2) is 55.2 Å². The molecular weight excluding hydrogens is 382 g/mol. The maximum absolute atomic E-state index is 14.9.